The van der Waals surface area contributed by atoms with Crippen molar-refractivity contribution in [3.63, 3.8) is 0 Å². The van der Waals surface area contributed by atoms with E-state index in [4.69, 9.17) is 4.98 Å². The molecule has 2 heteroatoms. The van der Waals surface area contributed by atoms with Crippen molar-refractivity contribution in [2.24, 2.45) is 0 Å². The summed E-state index contributed by atoms with van der Waals surface area (Å²) in [6, 6.07) is 37.1. The molecule has 162 valence electrons. The van der Waals surface area contributed by atoms with Gasteiger partial charge in [0, 0.05) is 11.1 Å². The molecule has 0 saturated heterocycles. The highest BCUT2D eigenvalue weighted by molar-refractivity contribution is 6.14. The molecule has 0 saturated carbocycles. The van der Waals surface area contributed by atoms with Gasteiger partial charge in [0.25, 0.3) is 0 Å². The van der Waals surface area contributed by atoms with Gasteiger partial charge in [0.1, 0.15) is 5.69 Å². The average molecular weight is 438 g/mol. The van der Waals surface area contributed by atoms with Gasteiger partial charge in [0.15, 0.2) is 0 Å². The van der Waals surface area contributed by atoms with Crippen LogP contribution in [0.5, 0.6) is 0 Å². The summed E-state index contributed by atoms with van der Waals surface area (Å²) in [5, 5.41) is 2.34. The van der Waals surface area contributed by atoms with Crippen molar-refractivity contribution in [1.82, 2.24) is 4.98 Å². The monoisotopic (exact) mass is 437 g/mol. The number of hydrogen-bond acceptors (Lipinski definition) is 2. The first-order valence-corrected chi connectivity index (χ1v) is 11.7. The SMILES string of the molecule is O=C1/C(=C/c2cccc3ccccc23)CCc2c(-c3ccccc3)cc(-c3ccccc3)nc21. The van der Waals surface area contributed by atoms with E-state index in [2.05, 4.69) is 54.6 Å². The standard InChI is InChI=1S/C32H23NO/c34-32-26(20-25-16-9-15-22-12-7-8-17-27(22)25)18-19-28-29(23-10-3-1-4-11-23)21-30(33-31(28)32)24-13-5-2-6-14-24/h1-17,20-21H,18-19H2/b26-20+. The molecule has 2 nitrogen and oxygen atoms in total. The van der Waals surface area contributed by atoms with E-state index in [0.717, 1.165) is 50.9 Å². The normalized spacial score (nSPS) is 14.4. The van der Waals surface area contributed by atoms with Gasteiger partial charge in [-0.15, -0.1) is 0 Å². The number of pyridine rings is 1. The molecule has 4 aromatic carbocycles. The van der Waals surface area contributed by atoms with E-state index in [-0.39, 0.29) is 5.78 Å². The van der Waals surface area contributed by atoms with Crippen LogP contribution < -0.4 is 0 Å². The molecule has 0 radical (unpaired) electrons. The van der Waals surface area contributed by atoms with Gasteiger partial charge < -0.3 is 0 Å². The largest absolute Gasteiger partial charge is 0.287 e. The zero-order valence-corrected chi connectivity index (χ0v) is 18.7. The Morgan fingerprint density at radius 2 is 1.35 bits per heavy atom. The summed E-state index contributed by atoms with van der Waals surface area (Å²) >= 11 is 0. The number of nitrogens with zero attached hydrogens (tertiary/aromatic N) is 1. The van der Waals surface area contributed by atoms with Crippen LogP contribution in [0.1, 0.15) is 28.0 Å². The summed E-state index contributed by atoms with van der Waals surface area (Å²) in [6.07, 6.45) is 3.57. The quantitative estimate of drug-likeness (QED) is 0.270. The maximum Gasteiger partial charge on any atom is 0.207 e. The Labute approximate surface area is 199 Å². The van der Waals surface area contributed by atoms with Gasteiger partial charge in [-0.25, -0.2) is 4.98 Å². The van der Waals surface area contributed by atoms with Gasteiger partial charge in [-0.05, 0) is 58.0 Å². The Kier molecular flexibility index (Phi) is 5.12. The predicted octanol–water partition coefficient (Wildman–Crippen LogP) is 7.78. The number of Topliss-reactive ketones (excluding diaryl/α,β-unsaturated/α-hetero) is 1. The molecule has 1 heterocycles. The van der Waals surface area contributed by atoms with Gasteiger partial charge in [0.05, 0.1) is 5.69 Å². The van der Waals surface area contributed by atoms with Crippen molar-refractivity contribution in [3.8, 4) is 22.4 Å². The van der Waals surface area contributed by atoms with E-state index >= 15 is 0 Å². The van der Waals surface area contributed by atoms with Crippen molar-refractivity contribution in [3.05, 3.63) is 132 Å². The molecule has 1 aliphatic rings. The summed E-state index contributed by atoms with van der Waals surface area (Å²) in [7, 11) is 0. The first-order chi connectivity index (χ1) is 16.8. The second kappa shape index (κ2) is 8.57. The van der Waals surface area contributed by atoms with E-state index in [9.17, 15) is 4.79 Å². The summed E-state index contributed by atoms with van der Waals surface area (Å²) in [6.45, 7) is 0. The zero-order chi connectivity index (χ0) is 22.9. The highest BCUT2D eigenvalue weighted by Crippen LogP contribution is 2.36. The van der Waals surface area contributed by atoms with Crippen LogP contribution in [-0.4, -0.2) is 10.8 Å². The van der Waals surface area contributed by atoms with Crippen LogP contribution >= 0.6 is 0 Å². The van der Waals surface area contributed by atoms with Crippen LogP contribution in [0.2, 0.25) is 0 Å². The number of allylic oxidation sites excluding steroid dienone is 1. The van der Waals surface area contributed by atoms with E-state index < -0.39 is 0 Å². The van der Waals surface area contributed by atoms with E-state index in [1.54, 1.807) is 0 Å². The van der Waals surface area contributed by atoms with Crippen molar-refractivity contribution in [2.45, 2.75) is 12.8 Å². The van der Waals surface area contributed by atoms with Crippen LogP contribution in [0.25, 0.3) is 39.2 Å². The van der Waals surface area contributed by atoms with Crippen LogP contribution in [0.15, 0.2) is 115 Å². The molecule has 0 bridgehead atoms. The Morgan fingerprint density at radius 3 is 2.15 bits per heavy atom. The number of ketones is 1. The molecular weight excluding hydrogens is 414 g/mol. The van der Waals surface area contributed by atoms with Crippen LogP contribution in [0.4, 0.5) is 0 Å². The lowest BCUT2D eigenvalue weighted by molar-refractivity contribution is 0.102. The average Bonchev–Trinajstić information content (AvgIpc) is 2.91. The van der Waals surface area contributed by atoms with Crippen molar-refractivity contribution >= 4 is 22.6 Å². The molecule has 1 aromatic heterocycles. The minimum absolute atomic E-state index is 0.0316. The van der Waals surface area contributed by atoms with Crippen molar-refractivity contribution < 1.29 is 4.79 Å². The lowest BCUT2D eigenvalue weighted by Crippen LogP contribution is -2.18. The zero-order valence-electron chi connectivity index (χ0n) is 18.7. The summed E-state index contributed by atoms with van der Waals surface area (Å²) in [5.41, 5.74) is 7.59. The topological polar surface area (TPSA) is 30.0 Å². The number of carbonyl (C=O) groups excluding carboxylic acids is 1. The van der Waals surface area contributed by atoms with E-state index in [0.29, 0.717) is 12.1 Å². The number of rotatable bonds is 3. The highest BCUT2D eigenvalue weighted by atomic mass is 16.1. The van der Waals surface area contributed by atoms with Crippen molar-refractivity contribution in [2.75, 3.05) is 0 Å². The number of carbonyl (C=O) groups is 1. The minimum atomic E-state index is 0.0316. The van der Waals surface area contributed by atoms with Gasteiger partial charge in [-0.2, -0.15) is 0 Å². The fraction of sp³-hybridized carbons (Fsp3) is 0.0625. The minimum Gasteiger partial charge on any atom is -0.287 e. The molecule has 6 rings (SSSR count). The molecule has 0 unspecified atom stereocenters. The Hall–Kier alpha value is -4.30. The fourth-order valence-electron chi connectivity index (χ4n) is 4.87. The lowest BCUT2D eigenvalue weighted by Gasteiger charge is -2.22. The van der Waals surface area contributed by atoms with Gasteiger partial charge in [-0.1, -0.05) is 103 Å². The highest BCUT2D eigenvalue weighted by Gasteiger charge is 2.27. The third kappa shape index (κ3) is 3.64. The molecule has 1 aliphatic carbocycles. The molecule has 0 aliphatic heterocycles. The maximum atomic E-state index is 13.8. The summed E-state index contributed by atoms with van der Waals surface area (Å²) in [4.78, 5) is 18.7. The molecular formula is C32H23NO. The molecule has 5 aromatic rings. The third-order valence-electron chi connectivity index (χ3n) is 6.58. The molecule has 0 N–H and O–H groups in total. The Morgan fingerprint density at radius 1 is 0.676 bits per heavy atom. The number of benzene rings is 4. The third-order valence-corrected chi connectivity index (χ3v) is 6.58. The second-order valence-corrected chi connectivity index (χ2v) is 8.68. The van der Waals surface area contributed by atoms with Gasteiger partial charge in [0.2, 0.25) is 5.78 Å². The van der Waals surface area contributed by atoms with Gasteiger partial charge in [-0.3, -0.25) is 4.79 Å². The van der Waals surface area contributed by atoms with E-state index in [1.165, 1.54) is 5.39 Å². The molecule has 0 spiro atoms. The van der Waals surface area contributed by atoms with Crippen LogP contribution in [0.3, 0.4) is 0 Å². The van der Waals surface area contributed by atoms with Crippen LogP contribution in [0, 0.1) is 0 Å². The second-order valence-electron chi connectivity index (χ2n) is 8.68. The first kappa shape index (κ1) is 20.3. The molecule has 34 heavy (non-hydrogen) atoms. The Bertz CT molecular complexity index is 1540. The molecule has 0 fully saturated rings. The number of hydrogen-bond donors (Lipinski definition) is 0. The van der Waals surface area contributed by atoms with Crippen molar-refractivity contribution in [1.29, 1.82) is 0 Å². The Balaban J connectivity index is 1.51. The van der Waals surface area contributed by atoms with Gasteiger partial charge >= 0.3 is 0 Å². The molecule has 0 atom stereocenters. The smallest absolute Gasteiger partial charge is 0.207 e. The fourth-order valence-corrected chi connectivity index (χ4v) is 4.87. The predicted molar refractivity (Wildman–Crippen MR) is 140 cm³/mol. The van der Waals surface area contributed by atoms with E-state index in [1.807, 2.05) is 60.7 Å². The molecule has 0 amide bonds. The summed E-state index contributed by atoms with van der Waals surface area (Å²) < 4.78 is 0. The summed E-state index contributed by atoms with van der Waals surface area (Å²) in [5.74, 6) is 0.0316. The maximum absolute atomic E-state index is 13.8. The lowest BCUT2D eigenvalue weighted by atomic mass is 9.84. The number of aromatic nitrogens is 1. The first-order valence-electron chi connectivity index (χ1n) is 11.7. The number of fused-ring (bicyclic) bond motifs is 2. The van der Waals surface area contributed by atoms with Crippen LogP contribution in [-0.2, 0) is 6.42 Å².